The number of amides is 2. The lowest BCUT2D eigenvalue weighted by atomic mass is 10.3. The van der Waals surface area contributed by atoms with Crippen molar-refractivity contribution in [3.05, 3.63) is 0 Å². The second-order valence-corrected chi connectivity index (χ2v) is 4.47. The molecule has 0 unspecified atom stereocenters. The minimum Gasteiger partial charge on any atom is -0.395 e. The molecule has 0 saturated carbocycles. The molecule has 0 spiro atoms. The fourth-order valence-corrected chi connectivity index (χ4v) is 2.09. The number of carbonyl (C=O) groups excluding carboxylic acids is 2. The molecule has 1 aliphatic rings. The van der Waals surface area contributed by atoms with E-state index >= 15 is 0 Å². The molecule has 1 rings (SSSR count). The molecule has 7 heteroatoms. The van der Waals surface area contributed by atoms with E-state index in [2.05, 4.69) is 11.8 Å². The summed E-state index contributed by atoms with van der Waals surface area (Å²) in [6.07, 6.45) is 0. The first-order valence-electron chi connectivity index (χ1n) is 6.66. The molecule has 1 saturated heterocycles. The maximum absolute atomic E-state index is 12.0. The predicted octanol–water partition coefficient (Wildman–Crippen LogP) is -2.04. The minimum absolute atomic E-state index is 0.0695. The maximum atomic E-state index is 12.0. The van der Waals surface area contributed by atoms with Crippen LogP contribution in [0.3, 0.4) is 0 Å². The first-order chi connectivity index (χ1) is 9.13. The summed E-state index contributed by atoms with van der Waals surface area (Å²) in [7, 11) is 0. The molecule has 7 nitrogen and oxygen atoms in total. The van der Waals surface area contributed by atoms with Crippen LogP contribution in [-0.4, -0.2) is 95.8 Å². The Hall–Kier alpha value is -1.18. The van der Waals surface area contributed by atoms with Crippen LogP contribution in [-0.2, 0) is 9.59 Å². The summed E-state index contributed by atoms with van der Waals surface area (Å²) >= 11 is 0. The number of piperazine rings is 1. The van der Waals surface area contributed by atoms with Gasteiger partial charge in [0.25, 0.3) is 0 Å². The van der Waals surface area contributed by atoms with Gasteiger partial charge in [-0.2, -0.15) is 0 Å². The molecule has 19 heavy (non-hydrogen) atoms. The lowest BCUT2D eigenvalue weighted by Crippen LogP contribution is -2.53. The van der Waals surface area contributed by atoms with E-state index in [0.717, 1.165) is 19.6 Å². The summed E-state index contributed by atoms with van der Waals surface area (Å²) in [6, 6.07) is 0. The van der Waals surface area contributed by atoms with E-state index in [1.54, 1.807) is 0 Å². The molecule has 1 fully saturated rings. The van der Waals surface area contributed by atoms with Gasteiger partial charge in [0.05, 0.1) is 13.2 Å². The summed E-state index contributed by atoms with van der Waals surface area (Å²) in [6.45, 7) is 5.34. The van der Waals surface area contributed by atoms with Gasteiger partial charge < -0.3 is 24.9 Å². The molecule has 0 atom stereocenters. The van der Waals surface area contributed by atoms with Crippen molar-refractivity contribution in [3.63, 3.8) is 0 Å². The molecular formula is C12H23N3O4. The standard InChI is InChI=1S/C12H23N3O4/c1-2-13-3-5-14(6-4-13)11(18)12(19)15(7-9-16)8-10-17/h16-17H,2-10H2,1H3. The van der Waals surface area contributed by atoms with Gasteiger partial charge in [0.2, 0.25) is 0 Å². The Kier molecular flexibility index (Phi) is 6.75. The van der Waals surface area contributed by atoms with Gasteiger partial charge in [0.15, 0.2) is 0 Å². The van der Waals surface area contributed by atoms with Gasteiger partial charge in [-0.05, 0) is 6.54 Å². The fourth-order valence-electron chi connectivity index (χ4n) is 2.09. The summed E-state index contributed by atoms with van der Waals surface area (Å²) in [5, 5.41) is 17.7. The largest absolute Gasteiger partial charge is 0.395 e. The first-order valence-corrected chi connectivity index (χ1v) is 6.66. The van der Waals surface area contributed by atoms with Crippen LogP contribution in [0.4, 0.5) is 0 Å². The molecule has 0 aromatic carbocycles. The smallest absolute Gasteiger partial charge is 0.312 e. The third kappa shape index (κ3) is 4.45. The van der Waals surface area contributed by atoms with E-state index in [1.807, 2.05) is 0 Å². The zero-order chi connectivity index (χ0) is 14.3. The van der Waals surface area contributed by atoms with Crippen molar-refractivity contribution in [2.45, 2.75) is 6.92 Å². The molecule has 2 amide bonds. The predicted molar refractivity (Wildman–Crippen MR) is 69.4 cm³/mol. The highest BCUT2D eigenvalue weighted by atomic mass is 16.3. The van der Waals surface area contributed by atoms with Gasteiger partial charge in [-0.3, -0.25) is 9.59 Å². The Morgan fingerprint density at radius 1 is 1.05 bits per heavy atom. The topological polar surface area (TPSA) is 84.3 Å². The van der Waals surface area contributed by atoms with E-state index in [-0.39, 0.29) is 26.3 Å². The SMILES string of the molecule is CCN1CCN(C(=O)C(=O)N(CCO)CCO)CC1. The molecule has 0 aromatic rings. The number of aliphatic hydroxyl groups excluding tert-OH is 2. The van der Waals surface area contributed by atoms with Crippen molar-refractivity contribution >= 4 is 11.8 Å². The number of rotatable bonds is 5. The van der Waals surface area contributed by atoms with Gasteiger partial charge in [0.1, 0.15) is 0 Å². The highest BCUT2D eigenvalue weighted by molar-refractivity contribution is 6.34. The third-order valence-corrected chi connectivity index (χ3v) is 3.32. The minimum atomic E-state index is -0.645. The van der Waals surface area contributed by atoms with Crippen molar-refractivity contribution in [3.8, 4) is 0 Å². The lowest BCUT2D eigenvalue weighted by Gasteiger charge is -2.34. The van der Waals surface area contributed by atoms with Crippen LogP contribution in [0, 0.1) is 0 Å². The van der Waals surface area contributed by atoms with Gasteiger partial charge in [-0.25, -0.2) is 0 Å². The molecule has 2 N–H and O–H groups in total. The number of hydrogen-bond donors (Lipinski definition) is 2. The lowest BCUT2D eigenvalue weighted by molar-refractivity contribution is -0.153. The second kappa shape index (κ2) is 8.08. The van der Waals surface area contributed by atoms with Crippen molar-refractivity contribution < 1.29 is 19.8 Å². The van der Waals surface area contributed by atoms with E-state index < -0.39 is 11.8 Å². The van der Waals surface area contributed by atoms with Crippen LogP contribution in [0.15, 0.2) is 0 Å². The monoisotopic (exact) mass is 273 g/mol. The van der Waals surface area contributed by atoms with Crippen LogP contribution >= 0.6 is 0 Å². The highest BCUT2D eigenvalue weighted by Crippen LogP contribution is 2.03. The van der Waals surface area contributed by atoms with Crippen LogP contribution in [0.25, 0.3) is 0 Å². The number of likely N-dealkylation sites (N-methyl/N-ethyl adjacent to an activating group) is 1. The molecule has 1 aliphatic heterocycles. The van der Waals surface area contributed by atoms with Crippen LogP contribution < -0.4 is 0 Å². The number of hydrogen-bond acceptors (Lipinski definition) is 5. The average Bonchev–Trinajstić information content (AvgIpc) is 2.45. The molecule has 1 heterocycles. The number of carbonyl (C=O) groups is 2. The first kappa shape index (κ1) is 15.9. The third-order valence-electron chi connectivity index (χ3n) is 3.32. The molecule has 110 valence electrons. The molecule has 0 aliphatic carbocycles. The highest BCUT2D eigenvalue weighted by Gasteiger charge is 2.28. The molecule has 0 aromatic heterocycles. The zero-order valence-electron chi connectivity index (χ0n) is 11.4. The van der Waals surface area contributed by atoms with E-state index in [0.29, 0.717) is 13.1 Å². The quantitative estimate of drug-likeness (QED) is 0.564. The van der Waals surface area contributed by atoms with E-state index in [1.165, 1.54) is 9.80 Å². The van der Waals surface area contributed by atoms with Gasteiger partial charge in [-0.1, -0.05) is 6.92 Å². The van der Waals surface area contributed by atoms with Crippen molar-refractivity contribution in [2.24, 2.45) is 0 Å². The van der Waals surface area contributed by atoms with E-state index in [4.69, 9.17) is 10.2 Å². The second-order valence-electron chi connectivity index (χ2n) is 4.47. The Bertz CT molecular complexity index is 297. The van der Waals surface area contributed by atoms with Crippen LogP contribution in [0.1, 0.15) is 6.92 Å². The summed E-state index contributed by atoms with van der Waals surface area (Å²) < 4.78 is 0. The summed E-state index contributed by atoms with van der Waals surface area (Å²) in [5.41, 5.74) is 0. The molecular weight excluding hydrogens is 250 g/mol. The van der Waals surface area contributed by atoms with Crippen molar-refractivity contribution in [1.29, 1.82) is 0 Å². The normalized spacial score (nSPS) is 16.5. The van der Waals surface area contributed by atoms with Crippen LogP contribution in [0.2, 0.25) is 0 Å². The molecule has 0 radical (unpaired) electrons. The van der Waals surface area contributed by atoms with Gasteiger partial charge in [-0.15, -0.1) is 0 Å². The number of aliphatic hydroxyl groups is 2. The zero-order valence-corrected chi connectivity index (χ0v) is 11.4. The Balaban J connectivity index is 2.53. The van der Waals surface area contributed by atoms with Crippen LogP contribution in [0.5, 0.6) is 0 Å². The van der Waals surface area contributed by atoms with Gasteiger partial charge >= 0.3 is 11.8 Å². The van der Waals surface area contributed by atoms with Gasteiger partial charge in [0, 0.05) is 39.3 Å². The summed E-state index contributed by atoms with van der Waals surface area (Å²) in [5.74, 6) is -1.19. The Morgan fingerprint density at radius 3 is 2.00 bits per heavy atom. The van der Waals surface area contributed by atoms with E-state index in [9.17, 15) is 9.59 Å². The Labute approximate surface area is 113 Å². The number of nitrogens with zero attached hydrogens (tertiary/aromatic N) is 3. The molecule has 0 bridgehead atoms. The van der Waals surface area contributed by atoms with Crippen molar-refractivity contribution in [2.75, 3.05) is 59.0 Å². The average molecular weight is 273 g/mol. The summed E-state index contributed by atoms with van der Waals surface area (Å²) in [4.78, 5) is 29.0. The Morgan fingerprint density at radius 2 is 1.58 bits per heavy atom. The maximum Gasteiger partial charge on any atom is 0.312 e. The van der Waals surface area contributed by atoms with Crippen molar-refractivity contribution in [1.82, 2.24) is 14.7 Å². The fraction of sp³-hybridized carbons (Fsp3) is 0.833.